The van der Waals surface area contributed by atoms with Crippen molar-refractivity contribution in [3.8, 4) is 5.69 Å². The van der Waals surface area contributed by atoms with Crippen LogP contribution in [0.4, 0.5) is 10.1 Å². The third-order valence-corrected chi connectivity index (χ3v) is 6.41. The maximum atomic E-state index is 13.3. The van der Waals surface area contributed by atoms with Crippen LogP contribution in [0.3, 0.4) is 0 Å². The number of primary amides is 1. The SMILES string of the molecule is NC(=O)c1ccc(NC(=O)CC2CSc3nc4c(cnn4-c4ccc(F)cc4)c(=O)n32)cc1. The van der Waals surface area contributed by atoms with Gasteiger partial charge < -0.3 is 11.1 Å². The van der Waals surface area contributed by atoms with Crippen LogP contribution in [0.25, 0.3) is 16.7 Å². The fourth-order valence-electron chi connectivity index (χ4n) is 3.70. The molecule has 1 atom stereocenters. The highest BCUT2D eigenvalue weighted by Gasteiger charge is 2.29. The van der Waals surface area contributed by atoms with Gasteiger partial charge in [-0.15, -0.1) is 0 Å². The number of nitrogens with zero attached hydrogens (tertiary/aromatic N) is 4. The summed E-state index contributed by atoms with van der Waals surface area (Å²) in [5.41, 5.74) is 6.78. The van der Waals surface area contributed by atoms with Crippen molar-refractivity contribution in [2.75, 3.05) is 11.1 Å². The third-order valence-electron chi connectivity index (χ3n) is 5.32. The fraction of sp³-hybridized carbons (Fsp3) is 0.136. The average molecular weight is 464 g/mol. The van der Waals surface area contributed by atoms with Gasteiger partial charge in [0.15, 0.2) is 10.8 Å². The van der Waals surface area contributed by atoms with E-state index in [1.54, 1.807) is 24.3 Å². The highest BCUT2D eigenvalue weighted by Crippen LogP contribution is 2.33. The van der Waals surface area contributed by atoms with Crippen LogP contribution in [0.2, 0.25) is 0 Å². The molecule has 0 bridgehead atoms. The highest BCUT2D eigenvalue weighted by atomic mass is 32.2. The first-order valence-corrected chi connectivity index (χ1v) is 11.0. The zero-order valence-corrected chi connectivity index (χ0v) is 17.9. The standard InChI is InChI=1S/C22H17FN6O3S/c23-13-3-7-15(8-4-13)29-20-17(10-25-29)21(32)28-16(11-33-22(28)27-20)9-18(30)26-14-5-1-12(2-6-14)19(24)31/h1-8,10,16H,9,11H2,(H2,24,31)(H,26,30). The van der Waals surface area contributed by atoms with E-state index in [0.29, 0.717) is 38.9 Å². The van der Waals surface area contributed by atoms with Gasteiger partial charge in [0.1, 0.15) is 11.2 Å². The molecule has 2 aromatic heterocycles. The van der Waals surface area contributed by atoms with Crippen molar-refractivity contribution in [3.05, 3.63) is 76.5 Å². The Bertz CT molecular complexity index is 1450. The summed E-state index contributed by atoms with van der Waals surface area (Å²) in [5.74, 6) is -0.667. The lowest BCUT2D eigenvalue weighted by Gasteiger charge is -2.13. The molecule has 0 saturated heterocycles. The molecule has 0 saturated carbocycles. The summed E-state index contributed by atoms with van der Waals surface area (Å²) in [6.45, 7) is 0. The van der Waals surface area contributed by atoms with E-state index in [9.17, 15) is 18.8 Å². The Labute approximate surface area is 190 Å². The van der Waals surface area contributed by atoms with E-state index in [0.717, 1.165) is 0 Å². The second-order valence-corrected chi connectivity index (χ2v) is 8.49. The predicted molar refractivity (Wildman–Crippen MR) is 121 cm³/mol. The highest BCUT2D eigenvalue weighted by molar-refractivity contribution is 7.99. The predicted octanol–water partition coefficient (Wildman–Crippen LogP) is 2.50. The summed E-state index contributed by atoms with van der Waals surface area (Å²) in [6.07, 6.45) is 1.51. The molecule has 0 fully saturated rings. The van der Waals surface area contributed by atoms with Gasteiger partial charge in [-0.25, -0.2) is 14.1 Å². The number of benzene rings is 2. The largest absolute Gasteiger partial charge is 0.366 e. The second kappa shape index (κ2) is 8.17. The molecule has 4 aromatic rings. The number of nitrogens with two attached hydrogens (primary N) is 1. The lowest BCUT2D eigenvalue weighted by atomic mass is 10.2. The minimum absolute atomic E-state index is 0.0801. The quantitative estimate of drug-likeness (QED) is 0.437. The molecule has 0 aliphatic carbocycles. The van der Waals surface area contributed by atoms with Crippen molar-refractivity contribution >= 4 is 40.3 Å². The molecule has 1 aliphatic heterocycles. The Balaban J connectivity index is 1.39. The lowest BCUT2D eigenvalue weighted by molar-refractivity contribution is -0.116. The second-order valence-electron chi connectivity index (χ2n) is 7.50. The van der Waals surface area contributed by atoms with E-state index in [-0.39, 0.29) is 29.7 Å². The van der Waals surface area contributed by atoms with Crippen LogP contribution >= 0.6 is 11.8 Å². The summed E-state index contributed by atoms with van der Waals surface area (Å²) < 4.78 is 16.3. The summed E-state index contributed by atoms with van der Waals surface area (Å²) >= 11 is 1.39. The zero-order valence-electron chi connectivity index (χ0n) is 17.1. The molecule has 11 heteroatoms. The van der Waals surface area contributed by atoms with E-state index in [1.165, 1.54) is 51.5 Å². The molecule has 9 nitrogen and oxygen atoms in total. The third kappa shape index (κ3) is 3.87. The van der Waals surface area contributed by atoms with Crippen LogP contribution in [-0.2, 0) is 4.79 Å². The van der Waals surface area contributed by atoms with Gasteiger partial charge in [0.2, 0.25) is 11.8 Å². The molecule has 0 spiro atoms. The molecule has 1 unspecified atom stereocenters. The summed E-state index contributed by atoms with van der Waals surface area (Å²) in [4.78, 5) is 41.6. The maximum absolute atomic E-state index is 13.3. The molecule has 3 heterocycles. The summed E-state index contributed by atoms with van der Waals surface area (Å²) in [7, 11) is 0. The summed E-state index contributed by atoms with van der Waals surface area (Å²) in [5, 5.41) is 7.84. The van der Waals surface area contributed by atoms with Crippen LogP contribution in [-0.4, -0.2) is 36.9 Å². The molecule has 2 aromatic carbocycles. The van der Waals surface area contributed by atoms with Crippen molar-refractivity contribution in [2.24, 2.45) is 5.73 Å². The molecule has 166 valence electrons. The van der Waals surface area contributed by atoms with Crippen LogP contribution in [0.1, 0.15) is 22.8 Å². The van der Waals surface area contributed by atoms with Crippen molar-refractivity contribution in [1.82, 2.24) is 19.3 Å². The minimum atomic E-state index is -0.548. The van der Waals surface area contributed by atoms with Gasteiger partial charge in [-0.2, -0.15) is 5.10 Å². The Morgan fingerprint density at radius 3 is 2.58 bits per heavy atom. The molecular formula is C22H17FN6O3S. The van der Waals surface area contributed by atoms with Crippen LogP contribution in [0.5, 0.6) is 0 Å². The Hall–Kier alpha value is -3.99. The number of hydrogen-bond donors (Lipinski definition) is 2. The van der Waals surface area contributed by atoms with Gasteiger partial charge in [-0.05, 0) is 48.5 Å². The number of anilines is 1. The maximum Gasteiger partial charge on any atom is 0.265 e. The number of rotatable bonds is 5. The lowest BCUT2D eigenvalue weighted by Crippen LogP contribution is -2.27. The van der Waals surface area contributed by atoms with E-state index in [2.05, 4.69) is 15.4 Å². The number of carbonyl (C=O) groups is 2. The number of nitrogens with one attached hydrogen (secondary N) is 1. The number of halogens is 1. The van der Waals surface area contributed by atoms with E-state index in [4.69, 9.17) is 5.73 Å². The number of aromatic nitrogens is 4. The van der Waals surface area contributed by atoms with E-state index < -0.39 is 5.91 Å². The van der Waals surface area contributed by atoms with Crippen molar-refractivity contribution in [2.45, 2.75) is 17.6 Å². The molecule has 1 aliphatic rings. The van der Waals surface area contributed by atoms with Crippen LogP contribution in [0, 0.1) is 5.82 Å². The van der Waals surface area contributed by atoms with Gasteiger partial charge in [-0.1, -0.05) is 11.8 Å². The molecule has 3 N–H and O–H groups in total. The first kappa shape index (κ1) is 20.9. The first-order valence-electron chi connectivity index (χ1n) is 9.99. The molecule has 33 heavy (non-hydrogen) atoms. The Morgan fingerprint density at radius 1 is 1.15 bits per heavy atom. The number of fused-ring (bicyclic) bond motifs is 2. The zero-order chi connectivity index (χ0) is 23.1. The van der Waals surface area contributed by atoms with E-state index in [1.807, 2.05) is 0 Å². The van der Waals surface area contributed by atoms with Crippen molar-refractivity contribution in [3.63, 3.8) is 0 Å². The summed E-state index contributed by atoms with van der Waals surface area (Å²) in [6, 6.07) is 11.6. The average Bonchev–Trinajstić information content (AvgIpc) is 3.40. The van der Waals surface area contributed by atoms with Crippen LogP contribution in [0.15, 0.2) is 64.7 Å². The molecule has 0 radical (unpaired) electrons. The molecule has 2 amide bonds. The van der Waals surface area contributed by atoms with Gasteiger partial charge in [-0.3, -0.25) is 19.0 Å². The van der Waals surface area contributed by atoms with Gasteiger partial charge in [0.05, 0.1) is 17.9 Å². The van der Waals surface area contributed by atoms with Crippen molar-refractivity contribution < 1.29 is 14.0 Å². The minimum Gasteiger partial charge on any atom is -0.366 e. The van der Waals surface area contributed by atoms with Gasteiger partial charge in [0.25, 0.3) is 5.56 Å². The van der Waals surface area contributed by atoms with Gasteiger partial charge >= 0.3 is 0 Å². The number of hydrogen-bond acceptors (Lipinski definition) is 6. The molecule has 5 rings (SSSR count). The first-order chi connectivity index (χ1) is 15.9. The fourth-order valence-corrected chi connectivity index (χ4v) is 4.83. The van der Waals surface area contributed by atoms with Crippen LogP contribution < -0.4 is 16.6 Å². The smallest absolute Gasteiger partial charge is 0.265 e. The molecular weight excluding hydrogens is 447 g/mol. The topological polar surface area (TPSA) is 125 Å². The van der Waals surface area contributed by atoms with Gasteiger partial charge in [0, 0.05) is 23.4 Å². The number of thioether (sulfide) groups is 1. The van der Waals surface area contributed by atoms with E-state index >= 15 is 0 Å². The number of amides is 2. The Kier molecular flexibility index (Phi) is 5.17. The number of carbonyl (C=O) groups excluding carboxylic acids is 2. The Morgan fingerprint density at radius 2 is 1.88 bits per heavy atom. The monoisotopic (exact) mass is 464 g/mol. The van der Waals surface area contributed by atoms with Crippen molar-refractivity contribution in [1.29, 1.82) is 0 Å². The normalized spacial score (nSPS) is 14.9.